The van der Waals surface area contributed by atoms with Gasteiger partial charge in [0.25, 0.3) is 5.91 Å². The number of nitrogens with zero attached hydrogens (tertiary/aromatic N) is 2. The molecule has 118 valence electrons. The molecule has 0 N–H and O–H groups in total. The van der Waals surface area contributed by atoms with Crippen molar-refractivity contribution < 1.29 is 23.8 Å². The summed E-state index contributed by atoms with van der Waals surface area (Å²) in [7, 11) is 1.35. The second-order valence-corrected chi connectivity index (χ2v) is 5.42. The molecule has 1 amide bonds. The molecular weight excluding hydrogens is 288 g/mol. The first-order valence-electron chi connectivity index (χ1n) is 7.25. The number of ether oxygens (including phenoxy) is 3. The van der Waals surface area contributed by atoms with Crippen molar-refractivity contribution in [2.45, 2.75) is 12.5 Å². The maximum Gasteiger partial charge on any atom is 0.312 e. The molecular formula is C15H18N2O5. The van der Waals surface area contributed by atoms with Crippen LogP contribution in [0, 0.1) is 5.92 Å². The first-order chi connectivity index (χ1) is 10.7. The Morgan fingerprint density at radius 3 is 2.91 bits per heavy atom. The fraction of sp³-hybridized carbons (Fsp3) is 0.533. The summed E-state index contributed by atoms with van der Waals surface area (Å²) in [5, 5.41) is 0. The standard InChI is InChI=1S/C15H18N2O5/c1-20-15(19)11-7-17(8-11)14(18)10-2-4-16-13(6-10)22-12-3-5-21-9-12/h2,4,6,11-12H,3,5,7-9H2,1H3. The third kappa shape index (κ3) is 3.04. The first kappa shape index (κ1) is 14.8. The molecule has 2 aliphatic rings. The lowest BCUT2D eigenvalue weighted by Crippen LogP contribution is -2.53. The van der Waals surface area contributed by atoms with Gasteiger partial charge in [-0.1, -0.05) is 0 Å². The van der Waals surface area contributed by atoms with Crippen LogP contribution in [0.4, 0.5) is 0 Å². The van der Waals surface area contributed by atoms with Gasteiger partial charge in [0.1, 0.15) is 6.10 Å². The second kappa shape index (κ2) is 6.31. The number of carbonyl (C=O) groups excluding carboxylic acids is 2. The number of likely N-dealkylation sites (tertiary alicyclic amines) is 1. The van der Waals surface area contributed by atoms with Gasteiger partial charge in [-0.3, -0.25) is 9.59 Å². The van der Waals surface area contributed by atoms with Crippen molar-refractivity contribution >= 4 is 11.9 Å². The lowest BCUT2D eigenvalue weighted by atomic mass is 9.99. The molecule has 2 saturated heterocycles. The number of hydrogen-bond acceptors (Lipinski definition) is 6. The molecule has 3 rings (SSSR count). The normalized spacial score (nSPS) is 21.3. The van der Waals surface area contributed by atoms with Gasteiger partial charge in [0, 0.05) is 37.3 Å². The SMILES string of the molecule is COC(=O)C1CN(C(=O)c2ccnc(OC3CCOC3)c2)C1. The summed E-state index contributed by atoms with van der Waals surface area (Å²) >= 11 is 0. The average Bonchev–Trinajstić information content (AvgIpc) is 2.98. The summed E-state index contributed by atoms with van der Waals surface area (Å²) in [6.07, 6.45) is 2.37. The highest BCUT2D eigenvalue weighted by molar-refractivity contribution is 5.95. The number of carbonyl (C=O) groups is 2. The van der Waals surface area contributed by atoms with Gasteiger partial charge in [0.2, 0.25) is 5.88 Å². The minimum Gasteiger partial charge on any atom is -0.472 e. The van der Waals surface area contributed by atoms with E-state index in [1.807, 2.05) is 0 Å². The number of rotatable bonds is 4. The minimum atomic E-state index is -0.274. The Hall–Kier alpha value is -2.15. The molecule has 0 saturated carbocycles. The van der Waals surface area contributed by atoms with Gasteiger partial charge in [-0.25, -0.2) is 4.98 Å². The highest BCUT2D eigenvalue weighted by Gasteiger charge is 2.36. The van der Waals surface area contributed by atoms with Gasteiger partial charge in [-0.2, -0.15) is 0 Å². The van der Waals surface area contributed by atoms with E-state index in [-0.39, 0.29) is 23.9 Å². The van der Waals surface area contributed by atoms with Crippen molar-refractivity contribution in [3.05, 3.63) is 23.9 Å². The smallest absolute Gasteiger partial charge is 0.312 e. The van der Waals surface area contributed by atoms with E-state index in [4.69, 9.17) is 9.47 Å². The molecule has 1 aromatic heterocycles. The molecule has 7 nitrogen and oxygen atoms in total. The Bertz CT molecular complexity index is 565. The average molecular weight is 306 g/mol. The summed E-state index contributed by atoms with van der Waals surface area (Å²) < 4.78 is 15.6. The van der Waals surface area contributed by atoms with Gasteiger partial charge in [-0.05, 0) is 6.07 Å². The zero-order valence-corrected chi connectivity index (χ0v) is 12.4. The van der Waals surface area contributed by atoms with E-state index in [9.17, 15) is 9.59 Å². The zero-order valence-electron chi connectivity index (χ0n) is 12.4. The summed E-state index contributed by atoms with van der Waals surface area (Å²) in [4.78, 5) is 29.4. The molecule has 2 aliphatic heterocycles. The van der Waals surface area contributed by atoms with E-state index in [2.05, 4.69) is 9.72 Å². The van der Waals surface area contributed by atoms with E-state index in [1.165, 1.54) is 7.11 Å². The predicted octanol–water partition coefficient (Wildman–Crippen LogP) is 0.494. The van der Waals surface area contributed by atoms with E-state index in [0.29, 0.717) is 37.7 Å². The van der Waals surface area contributed by atoms with E-state index >= 15 is 0 Å². The Morgan fingerprint density at radius 2 is 2.23 bits per heavy atom. The van der Waals surface area contributed by atoms with Crippen LogP contribution in [-0.2, 0) is 14.3 Å². The lowest BCUT2D eigenvalue weighted by Gasteiger charge is -2.37. The van der Waals surface area contributed by atoms with Crippen LogP contribution in [0.1, 0.15) is 16.8 Å². The molecule has 1 aromatic rings. The first-order valence-corrected chi connectivity index (χ1v) is 7.25. The van der Waals surface area contributed by atoms with Crippen molar-refractivity contribution in [1.29, 1.82) is 0 Å². The number of amides is 1. The van der Waals surface area contributed by atoms with Crippen LogP contribution in [-0.4, -0.2) is 61.3 Å². The van der Waals surface area contributed by atoms with Gasteiger partial charge < -0.3 is 19.1 Å². The number of methoxy groups -OCH3 is 1. The second-order valence-electron chi connectivity index (χ2n) is 5.42. The zero-order chi connectivity index (χ0) is 15.5. The lowest BCUT2D eigenvalue weighted by molar-refractivity contribution is -0.149. The van der Waals surface area contributed by atoms with E-state index in [1.54, 1.807) is 23.2 Å². The molecule has 22 heavy (non-hydrogen) atoms. The van der Waals surface area contributed by atoms with Crippen molar-refractivity contribution in [1.82, 2.24) is 9.88 Å². The van der Waals surface area contributed by atoms with Gasteiger partial charge in [0.05, 0.1) is 26.2 Å². The Labute approximate surface area is 128 Å². The summed E-state index contributed by atoms with van der Waals surface area (Å²) in [6, 6.07) is 3.28. The number of pyridine rings is 1. The fourth-order valence-electron chi connectivity index (χ4n) is 2.53. The van der Waals surface area contributed by atoms with Crippen molar-refractivity contribution in [2.75, 3.05) is 33.4 Å². The Morgan fingerprint density at radius 1 is 1.41 bits per heavy atom. The van der Waals surface area contributed by atoms with Crippen molar-refractivity contribution in [3.63, 3.8) is 0 Å². The van der Waals surface area contributed by atoms with Crippen LogP contribution >= 0.6 is 0 Å². The maximum absolute atomic E-state index is 12.3. The molecule has 0 bridgehead atoms. The summed E-state index contributed by atoms with van der Waals surface area (Å²) in [5.74, 6) is -0.201. The molecule has 2 fully saturated rings. The monoisotopic (exact) mass is 306 g/mol. The van der Waals surface area contributed by atoms with Crippen molar-refractivity contribution in [3.8, 4) is 5.88 Å². The summed E-state index contributed by atoms with van der Waals surface area (Å²) in [5.41, 5.74) is 0.507. The van der Waals surface area contributed by atoms with Crippen LogP contribution in [0.2, 0.25) is 0 Å². The molecule has 0 aliphatic carbocycles. The molecule has 1 atom stereocenters. The minimum absolute atomic E-state index is 0.00874. The van der Waals surface area contributed by atoms with Gasteiger partial charge >= 0.3 is 5.97 Å². The highest BCUT2D eigenvalue weighted by atomic mass is 16.5. The Balaban J connectivity index is 1.60. The van der Waals surface area contributed by atoms with Crippen LogP contribution in [0.25, 0.3) is 0 Å². The Kier molecular flexibility index (Phi) is 4.24. The summed E-state index contributed by atoms with van der Waals surface area (Å²) in [6.45, 7) is 2.01. The largest absolute Gasteiger partial charge is 0.472 e. The number of esters is 1. The third-order valence-corrected chi connectivity index (χ3v) is 3.86. The number of hydrogen-bond donors (Lipinski definition) is 0. The highest BCUT2D eigenvalue weighted by Crippen LogP contribution is 2.22. The molecule has 7 heteroatoms. The van der Waals surface area contributed by atoms with Crippen molar-refractivity contribution in [2.24, 2.45) is 5.92 Å². The quantitative estimate of drug-likeness (QED) is 0.754. The topological polar surface area (TPSA) is 78.0 Å². The van der Waals surface area contributed by atoms with Crippen LogP contribution in [0.3, 0.4) is 0 Å². The van der Waals surface area contributed by atoms with Gasteiger partial charge in [-0.15, -0.1) is 0 Å². The maximum atomic E-state index is 12.3. The predicted molar refractivity (Wildman–Crippen MR) is 75.5 cm³/mol. The van der Waals surface area contributed by atoms with Crippen LogP contribution < -0.4 is 4.74 Å². The van der Waals surface area contributed by atoms with Crippen LogP contribution in [0.15, 0.2) is 18.3 Å². The van der Waals surface area contributed by atoms with Crippen LogP contribution in [0.5, 0.6) is 5.88 Å². The molecule has 0 radical (unpaired) electrons. The molecule has 3 heterocycles. The number of aromatic nitrogens is 1. The van der Waals surface area contributed by atoms with E-state index < -0.39 is 0 Å². The molecule has 0 spiro atoms. The van der Waals surface area contributed by atoms with E-state index in [0.717, 1.165) is 6.42 Å². The fourth-order valence-corrected chi connectivity index (χ4v) is 2.53. The third-order valence-electron chi connectivity index (χ3n) is 3.86. The molecule has 1 unspecified atom stereocenters. The van der Waals surface area contributed by atoms with Gasteiger partial charge in [0.15, 0.2) is 0 Å². The molecule has 0 aromatic carbocycles.